The SMILES string of the molecule is COC(=O)C1C(=O)CC(C)(O)C(C(=O)OC)C1c1ccc(C)cc1. The van der Waals surface area contributed by atoms with E-state index in [1.807, 2.05) is 19.1 Å². The molecule has 0 radical (unpaired) electrons. The third kappa shape index (κ3) is 3.19. The Hall–Kier alpha value is -2.21. The summed E-state index contributed by atoms with van der Waals surface area (Å²) in [7, 11) is 2.41. The molecule has 24 heavy (non-hydrogen) atoms. The predicted octanol–water partition coefficient (Wildman–Crippen LogP) is 1.38. The van der Waals surface area contributed by atoms with Gasteiger partial charge in [-0.2, -0.15) is 0 Å². The van der Waals surface area contributed by atoms with E-state index in [0.29, 0.717) is 5.56 Å². The summed E-state index contributed by atoms with van der Waals surface area (Å²) in [4.78, 5) is 37.1. The summed E-state index contributed by atoms with van der Waals surface area (Å²) < 4.78 is 9.61. The minimum Gasteiger partial charge on any atom is -0.469 e. The van der Waals surface area contributed by atoms with Crippen molar-refractivity contribution < 1.29 is 29.0 Å². The lowest BCUT2D eigenvalue weighted by Gasteiger charge is -2.43. The van der Waals surface area contributed by atoms with E-state index in [1.165, 1.54) is 21.1 Å². The second kappa shape index (κ2) is 6.73. The number of rotatable bonds is 3. The molecule has 4 atom stereocenters. The molecule has 2 rings (SSSR count). The molecular weight excluding hydrogens is 312 g/mol. The molecule has 6 heteroatoms. The van der Waals surface area contributed by atoms with E-state index in [0.717, 1.165) is 5.56 Å². The fourth-order valence-electron chi connectivity index (χ4n) is 3.46. The van der Waals surface area contributed by atoms with Gasteiger partial charge in [-0.05, 0) is 19.4 Å². The van der Waals surface area contributed by atoms with E-state index in [2.05, 4.69) is 0 Å². The van der Waals surface area contributed by atoms with Crippen molar-refractivity contribution in [3.8, 4) is 0 Å². The van der Waals surface area contributed by atoms with Gasteiger partial charge in [-0.25, -0.2) is 0 Å². The third-order valence-electron chi connectivity index (χ3n) is 4.64. The first-order chi connectivity index (χ1) is 11.2. The molecule has 0 bridgehead atoms. The molecule has 6 nitrogen and oxygen atoms in total. The van der Waals surface area contributed by atoms with Crippen LogP contribution in [-0.4, -0.2) is 42.6 Å². The maximum Gasteiger partial charge on any atom is 0.316 e. The number of aliphatic hydroxyl groups is 1. The Kier molecular flexibility index (Phi) is 5.08. The number of ether oxygens (including phenoxy) is 2. The zero-order valence-electron chi connectivity index (χ0n) is 14.2. The number of aryl methyl sites for hydroxylation is 1. The normalized spacial score (nSPS) is 29.9. The van der Waals surface area contributed by atoms with Crippen LogP contribution in [0.5, 0.6) is 0 Å². The van der Waals surface area contributed by atoms with Crippen LogP contribution in [0.15, 0.2) is 24.3 Å². The van der Waals surface area contributed by atoms with Crippen molar-refractivity contribution >= 4 is 17.7 Å². The predicted molar refractivity (Wildman–Crippen MR) is 85.2 cm³/mol. The highest BCUT2D eigenvalue weighted by molar-refractivity contribution is 6.02. The summed E-state index contributed by atoms with van der Waals surface area (Å²) in [5.41, 5.74) is 0.00108. The summed E-state index contributed by atoms with van der Waals surface area (Å²) in [6.07, 6.45) is -0.311. The molecule has 0 amide bonds. The molecule has 1 aliphatic carbocycles. The van der Waals surface area contributed by atoms with Crippen LogP contribution >= 0.6 is 0 Å². The standard InChI is InChI=1S/C18H22O6/c1-10-5-7-11(8-6-10)13-14(16(20)23-3)12(19)9-18(2,22)15(13)17(21)24-4/h5-8,13-15,22H,9H2,1-4H3. The molecule has 4 unspecified atom stereocenters. The maximum absolute atomic E-state index is 12.5. The van der Waals surface area contributed by atoms with Gasteiger partial charge < -0.3 is 14.6 Å². The number of carbonyl (C=O) groups excluding carboxylic acids is 3. The monoisotopic (exact) mass is 334 g/mol. The fourth-order valence-corrected chi connectivity index (χ4v) is 3.46. The van der Waals surface area contributed by atoms with Crippen molar-refractivity contribution in [2.45, 2.75) is 31.8 Å². The molecule has 1 aromatic carbocycles. The van der Waals surface area contributed by atoms with Gasteiger partial charge in [0.1, 0.15) is 5.92 Å². The van der Waals surface area contributed by atoms with Crippen LogP contribution in [0.25, 0.3) is 0 Å². The summed E-state index contributed by atoms with van der Waals surface area (Å²) in [5, 5.41) is 10.7. The van der Waals surface area contributed by atoms with E-state index in [9.17, 15) is 19.5 Å². The minimum atomic E-state index is -1.61. The highest BCUT2D eigenvalue weighted by Crippen LogP contribution is 2.46. The average molecular weight is 334 g/mol. The largest absolute Gasteiger partial charge is 0.469 e. The Morgan fingerprint density at radius 3 is 2.17 bits per heavy atom. The van der Waals surface area contributed by atoms with Crippen LogP contribution in [0.2, 0.25) is 0 Å². The minimum absolute atomic E-state index is 0.311. The highest BCUT2D eigenvalue weighted by Gasteiger charge is 2.56. The number of benzene rings is 1. The van der Waals surface area contributed by atoms with Crippen molar-refractivity contribution in [3.05, 3.63) is 35.4 Å². The molecule has 0 aromatic heterocycles. The Morgan fingerprint density at radius 1 is 1.12 bits per heavy atom. The molecular formula is C18H22O6. The fraction of sp³-hybridized carbons (Fsp3) is 0.500. The molecule has 0 aliphatic heterocycles. The first-order valence-electron chi connectivity index (χ1n) is 7.70. The van der Waals surface area contributed by atoms with Gasteiger partial charge in [0.25, 0.3) is 0 Å². The van der Waals surface area contributed by atoms with Crippen LogP contribution in [0.3, 0.4) is 0 Å². The van der Waals surface area contributed by atoms with Crippen molar-refractivity contribution in [2.24, 2.45) is 11.8 Å². The van der Waals surface area contributed by atoms with Gasteiger partial charge in [0.05, 0.1) is 25.7 Å². The molecule has 1 fully saturated rings. The molecule has 1 saturated carbocycles. The van der Waals surface area contributed by atoms with E-state index in [1.54, 1.807) is 12.1 Å². The average Bonchev–Trinajstić information content (AvgIpc) is 2.53. The van der Waals surface area contributed by atoms with Crippen LogP contribution in [0.4, 0.5) is 0 Å². The summed E-state index contributed by atoms with van der Waals surface area (Å²) in [6, 6.07) is 7.15. The molecule has 130 valence electrons. The van der Waals surface area contributed by atoms with Gasteiger partial charge >= 0.3 is 11.9 Å². The van der Waals surface area contributed by atoms with Crippen molar-refractivity contribution in [1.82, 2.24) is 0 Å². The summed E-state index contributed by atoms with van der Waals surface area (Å²) in [6.45, 7) is 3.32. The van der Waals surface area contributed by atoms with E-state index in [-0.39, 0.29) is 6.42 Å². The summed E-state index contributed by atoms with van der Waals surface area (Å²) >= 11 is 0. The number of ketones is 1. The molecule has 0 heterocycles. The van der Waals surface area contributed by atoms with Gasteiger partial charge in [-0.15, -0.1) is 0 Å². The quantitative estimate of drug-likeness (QED) is 0.663. The van der Waals surface area contributed by atoms with Crippen LogP contribution in [0, 0.1) is 18.8 Å². The second-order valence-corrected chi connectivity index (χ2v) is 6.44. The number of carbonyl (C=O) groups is 3. The maximum atomic E-state index is 12.5. The van der Waals surface area contributed by atoms with Crippen LogP contribution in [0.1, 0.15) is 30.4 Å². The molecule has 1 aliphatic rings. The molecule has 1 aromatic rings. The number of Topliss-reactive ketones (excluding diaryl/α,β-unsaturated/α-hetero) is 1. The number of hydrogen-bond acceptors (Lipinski definition) is 6. The Morgan fingerprint density at radius 2 is 1.67 bits per heavy atom. The number of esters is 2. The smallest absolute Gasteiger partial charge is 0.316 e. The van der Waals surface area contributed by atoms with E-state index >= 15 is 0 Å². The van der Waals surface area contributed by atoms with Crippen LogP contribution in [-0.2, 0) is 23.9 Å². The van der Waals surface area contributed by atoms with Gasteiger partial charge in [0.2, 0.25) is 0 Å². The lowest BCUT2D eigenvalue weighted by molar-refractivity contribution is -0.170. The van der Waals surface area contributed by atoms with Crippen molar-refractivity contribution in [3.63, 3.8) is 0 Å². The molecule has 0 saturated heterocycles. The zero-order valence-corrected chi connectivity index (χ0v) is 14.2. The molecule has 1 N–H and O–H groups in total. The van der Waals surface area contributed by atoms with Crippen LogP contribution < -0.4 is 0 Å². The van der Waals surface area contributed by atoms with Crippen molar-refractivity contribution in [1.29, 1.82) is 0 Å². The second-order valence-electron chi connectivity index (χ2n) is 6.44. The van der Waals surface area contributed by atoms with Crippen molar-refractivity contribution in [2.75, 3.05) is 14.2 Å². The van der Waals surface area contributed by atoms with Gasteiger partial charge in [-0.3, -0.25) is 14.4 Å². The highest BCUT2D eigenvalue weighted by atomic mass is 16.5. The Bertz CT molecular complexity index is 646. The first-order valence-corrected chi connectivity index (χ1v) is 7.70. The third-order valence-corrected chi connectivity index (χ3v) is 4.64. The Balaban J connectivity index is 2.63. The summed E-state index contributed by atoms with van der Waals surface area (Å²) in [5.74, 6) is -4.87. The topological polar surface area (TPSA) is 89.9 Å². The lowest BCUT2D eigenvalue weighted by Crippen LogP contribution is -2.55. The Labute approximate surface area is 140 Å². The van der Waals surface area contributed by atoms with Gasteiger partial charge in [0, 0.05) is 12.3 Å². The van der Waals surface area contributed by atoms with Gasteiger partial charge in [0.15, 0.2) is 5.78 Å². The zero-order chi connectivity index (χ0) is 18.1. The van der Waals surface area contributed by atoms with E-state index in [4.69, 9.17) is 9.47 Å². The molecule has 0 spiro atoms. The van der Waals surface area contributed by atoms with E-state index < -0.39 is 41.1 Å². The van der Waals surface area contributed by atoms with Gasteiger partial charge in [-0.1, -0.05) is 29.8 Å². The first kappa shape index (κ1) is 18.1. The number of methoxy groups -OCH3 is 2. The number of hydrogen-bond donors (Lipinski definition) is 1. The lowest BCUT2D eigenvalue weighted by atomic mass is 9.61.